The molecule has 0 saturated heterocycles. The Morgan fingerprint density at radius 3 is 2.74 bits per heavy atom. The number of rotatable bonds is 7. The van der Waals surface area contributed by atoms with Gasteiger partial charge in [-0.2, -0.15) is 0 Å². The molecule has 0 aromatic heterocycles. The van der Waals surface area contributed by atoms with E-state index in [-0.39, 0.29) is 6.10 Å². The fourth-order valence-electron chi connectivity index (χ4n) is 3.16. The van der Waals surface area contributed by atoms with E-state index in [1.807, 2.05) is 0 Å². The molecule has 0 heterocycles. The molecule has 0 bridgehead atoms. The lowest BCUT2D eigenvalue weighted by Gasteiger charge is -2.32. The van der Waals surface area contributed by atoms with Crippen LogP contribution in [0.5, 0.6) is 0 Å². The summed E-state index contributed by atoms with van der Waals surface area (Å²) >= 11 is 0. The first-order chi connectivity index (χ1) is 9.13. The normalized spacial score (nSPS) is 36.8. The summed E-state index contributed by atoms with van der Waals surface area (Å²) in [6.45, 7) is 4.21. The van der Waals surface area contributed by atoms with Crippen molar-refractivity contribution in [2.45, 2.75) is 63.8 Å². The summed E-state index contributed by atoms with van der Waals surface area (Å²) in [6.07, 6.45) is 6.50. The number of aliphatic hydroxyl groups is 2. The van der Waals surface area contributed by atoms with Gasteiger partial charge in [-0.1, -0.05) is 19.8 Å². The fourth-order valence-corrected chi connectivity index (χ4v) is 3.16. The minimum absolute atomic E-state index is 0.0895. The molecule has 2 aliphatic rings. The van der Waals surface area contributed by atoms with Crippen LogP contribution in [-0.2, 0) is 4.74 Å². The Labute approximate surface area is 116 Å². The molecule has 4 nitrogen and oxygen atoms in total. The SMILES string of the molecule is CC1CCCC(OCC(O)CNCC2CC(O)C2)C1. The topological polar surface area (TPSA) is 61.7 Å². The van der Waals surface area contributed by atoms with Gasteiger partial charge in [0.05, 0.1) is 24.9 Å². The summed E-state index contributed by atoms with van der Waals surface area (Å²) < 4.78 is 5.80. The third-order valence-corrected chi connectivity index (χ3v) is 4.44. The predicted octanol–water partition coefficient (Wildman–Crippen LogP) is 1.30. The molecule has 3 N–H and O–H groups in total. The van der Waals surface area contributed by atoms with E-state index in [0.717, 1.165) is 38.1 Å². The second-order valence-electron chi connectivity index (χ2n) is 6.53. The Hall–Kier alpha value is -0.160. The van der Waals surface area contributed by atoms with E-state index in [1.165, 1.54) is 12.8 Å². The maximum absolute atomic E-state index is 9.86. The molecule has 4 heteroatoms. The molecule has 0 aromatic rings. The molecular weight excluding hydrogens is 242 g/mol. The lowest BCUT2D eigenvalue weighted by atomic mass is 9.82. The fraction of sp³-hybridized carbons (Fsp3) is 1.00. The minimum atomic E-state index is -0.415. The van der Waals surface area contributed by atoms with Gasteiger partial charge in [-0.05, 0) is 44.1 Å². The Bertz CT molecular complexity index is 256. The first-order valence-corrected chi connectivity index (χ1v) is 7.82. The molecule has 2 rings (SSSR count). The smallest absolute Gasteiger partial charge is 0.0897 e. The third-order valence-electron chi connectivity index (χ3n) is 4.44. The van der Waals surface area contributed by atoms with Crippen molar-refractivity contribution in [2.75, 3.05) is 19.7 Å². The van der Waals surface area contributed by atoms with Gasteiger partial charge in [-0.3, -0.25) is 0 Å². The molecule has 112 valence electrons. The van der Waals surface area contributed by atoms with E-state index >= 15 is 0 Å². The van der Waals surface area contributed by atoms with Crippen molar-refractivity contribution < 1.29 is 14.9 Å². The lowest BCUT2D eigenvalue weighted by Crippen LogP contribution is -2.40. The Morgan fingerprint density at radius 1 is 1.26 bits per heavy atom. The Balaban J connectivity index is 1.48. The van der Waals surface area contributed by atoms with Crippen LogP contribution in [0.1, 0.15) is 45.4 Å². The van der Waals surface area contributed by atoms with Gasteiger partial charge in [0.15, 0.2) is 0 Å². The van der Waals surface area contributed by atoms with E-state index in [9.17, 15) is 10.2 Å². The molecule has 0 amide bonds. The van der Waals surface area contributed by atoms with E-state index in [2.05, 4.69) is 12.2 Å². The van der Waals surface area contributed by atoms with Gasteiger partial charge in [-0.25, -0.2) is 0 Å². The number of ether oxygens (including phenoxy) is 1. The number of aliphatic hydroxyl groups excluding tert-OH is 2. The van der Waals surface area contributed by atoms with Crippen molar-refractivity contribution in [3.05, 3.63) is 0 Å². The van der Waals surface area contributed by atoms with Crippen molar-refractivity contribution in [3.8, 4) is 0 Å². The third kappa shape index (κ3) is 5.38. The largest absolute Gasteiger partial charge is 0.393 e. The summed E-state index contributed by atoms with van der Waals surface area (Å²) in [5, 5.41) is 22.3. The second-order valence-corrected chi connectivity index (χ2v) is 6.53. The zero-order valence-corrected chi connectivity index (χ0v) is 12.1. The van der Waals surface area contributed by atoms with Crippen molar-refractivity contribution >= 4 is 0 Å². The van der Waals surface area contributed by atoms with Crippen molar-refractivity contribution in [1.82, 2.24) is 5.32 Å². The average molecular weight is 271 g/mol. The van der Waals surface area contributed by atoms with Crippen LogP contribution in [0.2, 0.25) is 0 Å². The molecule has 0 aromatic carbocycles. The Kier molecular flexibility index (Phi) is 6.07. The number of hydrogen-bond acceptors (Lipinski definition) is 4. The van der Waals surface area contributed by atoms with Gasteiger partial charge < -0.3 is 20.3 Å². The van der Waals surface area contributed by atoms with Crippen LogP contribution in [0.4, 0.5) is 0 Å². The zero-order valence-electron chi connectivity index (χ0n) is 12.1. The summed E-state index contributed by atoms with van der Waals surface area (Å²) in [4.78, 5) is 0. The molecule has 2 fully saturated rings. The molecule has 2 aliphatic carbocycles. The molecule has 2 saturated carbocycles. The highest BCUT2D eigenvalue weighted by Crippen LogP contribution is 2.26. The summed E-state index contributed by atoms with van der Waals surface area (Å²) in [5.74, 6) is 1.35. The van der Waals surface area contributed by atoms with Crippen molar-refractivity contribution in [2.24, 2.45) is 11.8 Å². The van der Waals surface area contributed by atoms with Crippen LogP contribution in [0.3, 0.4) is 0 Å². The monoisotopic (exact) mass is 271 g/mol. The van der Waals surface area contributed by atoms with Gasteiger partial charge in [0.25, 0.3) is 0 Å². The molecule has 0 aliphatic heterocycles. The van der Waals surface area contributed by atoms with Gasteiger partial charge in [0.1, 0.15) is 0 Å². The average Bonchev–Trinajstić information content (AvgIpc) is 2.34. The van der Waals surface area contributed by atoms with E-state index in [1.54, 1.807) is 0 Å². The van der Waals surface area contributed by atoms with Crippen LogP contribution >= 0.6 is 0 Å². The quantitative estimate of drug-likeness (QED) is 0.653. The molecule has 3 unspecified atom stereocenters. The molecular formula is C15H29NO3. The van der Waals surface area contributed by atoms with Crippen LogP contribution in [-0.4, -0.2) is 48.2 Å². The van der Waals surface area contributed by atoms with Gasteiger partial charge in [0, 0.05) is 6.54 Å². The highest BCUT2D eigenvalue weighted by Gasteiger charge is 2.26. The van der Waals surface area contributed by atoms with Gasteiger partial charge in [-0.15, -0.1) is 0 Å². The van der Waals surface area contributed by atoms with Crippen molar-refractivity contribution in [3.63, 3.8) is 0 Å². The lowest BCUT2D eigenvalue weighted by molar-refractivity contribution is -0.0315. The summed E-state index contributed by atoms with van der Waals surface area (Å²) in [6, 6.07) is 0. The van der Waals surface area contributed by atoms with E-state index in [4.69, 9.17) is 4.74 Å². The Morgan fingerprint density at radius 2 is 2.05 bits per heavy atom. The molecule has 3 atom stereocenters. The number of hydrogen-bond donors (Lipinski definition) is 3. The molecule has 0 spiro atoms. The molecule has 19 heavy (non-hydrogen) atoms. The standard InChI is InChI=1S/C15H29NO3/c1-11-3-2-4-15(5-11)19-10-14(18)9-16-8-12-6-13(17)7-12/h11-18H,2-10H2,1H3. The predicted molar refractivity (Wildman–Crippen MR) is 75.0 cm³/mol. The van der Waals surface area contributed by atoms with Crippen LogP contribution in [0.25, 0.3) is 0 Å². The molecule has 0 radical (unpaired) electrons. The highest BCUT2D eigenvalue weighted by molar-refractivity contribution is 4.80. The number of nitrogens with one attached hydrogen (secondary N) is 1. The van der Waals surface area contributed by atoms with Crippen LogP contribution < -0.4 is 5.32 Å². The maximum atomic E-state index is 9.86. The first kappa shape index (κ1) is 15.2. The second kappa shape index (κ2) is 7.58. The summed E-state index contributed by atoms with van der Waals surface area (Å²) in [7, 11) is 0. The highest BCUT2D eigenvalue weighted by atomic mass is 16.5. The first-order valence-electron chi connectivity index (χ1n) is 7.82. The summed E-state index contributed by atoms with van der Waals surface area (Å²) in [5.41, 5.74) is 0. The maximum Gasteiger partial charge on any atom is 0.0897 e. The van der Waals surface area contributed by atoms with Gasteiger partial charge >= 0.3 is 0 Å². The minimum Gasteiger partial charge on any atom is -0.393 e. The van der Waals surface area contributed by atoms with Crippen LogP contribution in [0, 0.1) is 11.8 Å². The van der Waals surface area contributed by atoms with E-state index < -0.39 is 6.10 Å². The van der Waals surface area contributed by atoms with Crippen LogP contribution in [0.15, 0.2) is 0 Å². The van der Waals surface area contributed by atoms with Crippen molar-refractivity contribution in [1.29, 1.82) is 0 Å². The zero-order chi connectivity index (χ0) is 13.7. The van der Waals surface area contributed by atoms with Gasteiger partial charge in [0.2, 0.25) is 0 Å². The van der Waals surface area contributed by atoms with E-state index in [0.29, 0.717) is 25.2 Å².